The van der Waals surface area contributed by atoms with Crippen LogP contribution in [-0.4, -0.2) is 28.5 Å². The maximum absolute atomic E-state index is 11.7. The lowest BCUT2D eigenvalue weighted by atomic mass is 10.2. The number of carbonyl (C=O) groups excluding carboxylic acids is 1. The van der Waals surface area contributed by atoms with Crippen LogP contribution in [0, 0.1) is 18.3 Å². The highest BCUT2D eigenvalue weighted by Crippen LogP contribution is 2.31. The molecule has 0 aliphatic rings. The number of hydrogen-bond acceptors (Lipinski definition) is 6. The highest BCUT2D eigenvalue weighted by molar-refractivity contribution is 7.21. The molecular weight excluding hydrogens is 376 g/mol. The Labute approximate surface area is 165 Å². The van der Waals surface area contributed by atoms with Crippen LogP contribution < -0.4 is 10.6 Å². The minimum Gasteiger partial charge on any atom is -0.480 e. The Bertz CT molecular complexity index is 1110. The fraction of sp³-hybridized carbons (Fsp3) is 0.100. The number of hydrogen-bond donors (Lipinski definition) is 3. The van der Waals surface area contributed by atoms with E-state index in [9.17, 15) is 9.59 Å². The molecule has 2 aromatic carbocycles. The zero-order chi connectivity index (χ0) is 20.1. The summed E-state index contributed by atoms with van der Waals surface area (Å²) in [7, 11) is 0. The quantitative estimate of drug-likeness (QED) is 0.438. The van der Waals surface area contributed by atoms with Gasteiger partial charge in [-0.1, -0.05) is 6.07 Å². The second-order valence-electron chi connectivity index (χ2n) is 5.96. The Morgan fingerprint density at radius 3 is 2.68 bits per heavy atom. The van der Waals surface area contributed by atoms with E-state index in [-0.39, 0.29) is 5.57 Å². The van der Waals surface area contributed by atoms with Gasteiger partial charge >= 0.3 is 5.97 Å². The molecule has 0 aliphatic heterocycles. The topological polar surface area (TPSA) is 115 Å². The number of carboxylic acid groups (broad SMARTS) is 1. The van der Waals surface area contributed by atoms with E-state index in [1.807, 2.05) is 43.3 Å². The molecule has 3 rings (SSSR count). The van der Waals surface area contributed by atoms with Crippen molar-refractivity contribution < 1.29 is 14.7 Å². The average Bonchev–Trinajstić information content (AvgIpc) is 3.10. The van der Waals surface area contributed by atoms with E-state index in [1.54, 1.807) is 17.4 Å². The van der Waals surface area contributed by atoms with Crippen molar-refractivity contribution in [3.63, 3.8) is 0 Å². The summed E-state index contributed by atoms with van der Waals surface area (Å²) >= 11 is 1.62. The molecule has 1 heterocycles. The van der Waals surface area contributed by atoms with Crippen LogP contribution in [0.1, 0.15) is 5.56 Å². The smallest absolute Gasteiger partial charge is 0.322 e. The molecule has 0 fully saturated rings. The van der Waals surface area contributed by atoms with Crippen LogP contribution in [0.4, 0.5) is 5.69 Å². The molecular formula is C20H16N4O3S. The lowest BCUT2D eigenvalue weighted by Gasteiger charge is -2.04. The van der Waals surface area contributed by atoms with E-state index in [4.69, 9.17) is 10.4 Å². The van der Waals surface area contributed by atoms with Gasteiger partial charge in [-0.25, -0.2) is 4.98 Å². The molecule has 8 heteroatoms. The van der Waals surface area contributed by atoms with Crippen molar-refractivity contribution in [3.05, 3.63) is 59.8 Å². The number of benzene rings is 2. The second kappa shape index (κ2) is 8.33. The minimum absolute atomic E-state index is 0.216. The van der Waals surface area contributed by atoms with E-state index in [0.29, 0.717) is 5.69 Å². The van der Waals surface area contributed by atoms with Gasteiger partial charge in [-0.05, 0) is 48.9 Å². The van der Waals surface area contributed by atoms with E-state index in [2.05, 4.69) is 21.7 Å². The molecule has 1 amide bonds. The first kappa shape index (κ1) is 19.1. The lowest BCUT2D eigenvalue weighted by molar-refractivity contribution is -0.137. The first-order valence-corrected chi connectivity index (χ1v) is 9.12. The zero-order valence-electron chi connectivity index (χ0n) is 14.9. The molecule has 28 heavy (non-hydrogen) atoms. The summed E-state index contributed by atoms with van der Waals surface area (Å²) in [5, 5.41) is 23.5. The summed E-state index contributed by atoms with van der Waals surface area (Å²) in [4.78, 5) is 26.9. The van der Waals surface area contributed by atoms with Crippen molar-refractivity contribution >= 4 is 39.1 Å². The van der Waals surface area contributed by atoms with Crippen molar-refractivity contribution in [2.45, 2.75) is 6.92 Å². The van der Waals surface area contributed by atoms with Crippen molar-refractivity contribution in [2.24, 2.45) is 0 Å². The molecule has 0 bridgehead atoms. The number of rotatable bonds is 6. The molecule has 140 valence electrons. The molecule has 0 atom stereocenters. The Kier molecular flexibility index (Phi) is 5.67. The SMILES string of the molecule is Cc1ccc2nc(-c3ccc(N/C=C(/C#N)C(=O)NCC(=O)O)cc3)sc2c1. The van der Waals surface area contributed by atoms with Crippen LogP contribution in [-0.2, 0) is 9.59 Å². The highest BCUT2D eigenvalue weighted by Gasteiger charge is 2.10. The van der Waals surface area contributed by atoms with Gasteiger partial charge in [-0.15, -0.1) is 11.3 Å². The number of aromatic nitrogens is 1. The molecule has 0 radical (unpaired) electrons. The predicted molar refractivity (Wildman–Crippen MR) is 108 cm³/mol. The normalized spacial score (nSPS) is 11.1. The molecule has 1 aromatic heterocycles. The Hall–Kier alpha value is -3.70. The standard InChI is InChI=1S/C20H16N4O3S/c1-12-2-7-16-17(8-12)28-20(24-16)13-3-5-15(6-4-13)22-10-14(9-21)19(27)23-11-18(25)26/h2-8,10,22H,11H2,1H3,(H,23,27)(H,25,26)/b14-10-. The monoisotopic (exact) mass is 392 g/mol. The van der Waals surface area contributed by atoms with Crippen molar-refractivity contribution in [1.82, 2.24) is 10.3 Å². The number of fused-ring (bicyclic) bond motifs is 1. The zero-order valence-corrected chi connectivity index (χ0v) is 15.7. The number of aliphatic carboxylic acids is 1. The number of carbonyl (C=O) groups is 2. The number of anilines is 1. The van der Waals surface area contributed by atoms with Gasteiger partial charge in [0.1, 0.15) is 23.2 Å². The first-order valence-electron chi connectivity index (χ1n) is 8.30. The van der Waals surface area contributed by atoms with Gasteiger partial charge < -0.3 is 15.7 Å². The predicted octanol–water partition coefficient (Wildman–Crippen LogP) is 3.29. The maximum atomic E-state index is 11.7. The van der Waals surface area contributed by atoms with Crippen LogP contribution in [0.5, 0.6) is 0 Å². The van der Waals surface area contributed by atoms with Gasteiger partial charge in [-0.3, -0.25) is 9.59 Å². The minimum atomic E-state index is -1.18. The fourth-order valence-corrected chi connectivity index (χ4v) is 3.49. The maximum Gasteiger partial charge on any atom is 0.322 e. The van der Waals surface area contributed by atoms with Crippen LogP contribution in [0.2, 0.25) is 0 Å². The van der Waals surface area contributed by atoms with Gasteiger partial charge in [0.2, 0.25) is 0 Å². The van der Waals surface area contributed by atoms with Gasteiger partial charge in [0.15, 0.2) is 0 Å². The Morgan fingerprint density at radius 2 is 2.00 bits per heavy atom. The molecule has 0 aliphatic carbocycles. The molecule has 0 saturated heterocycles. The first-order chi connectivity index (χ1) is 13.5. The van der Waals surface area contributed by atoms with Gasteiger partial charge in [0.25, 0.3) is 5.91 Å². The van der Waals surface area contributed by atoms with Crippen LogP contribution in [0.15, 0.2) is 54.2 Å². The molecule has 7 nitrogen and oxygen atoms in total. The molecule has 3 N–H and O–H groups in total. The average molecular weight is 392 g/mol. The number of aryl methyl sites for hydroxylation is 1. The number of nitriles is 1. The van der Waals surface area contributed by atoms with Gasteiger partial charge in [0.05, 0.1) is 10.2 Å². The van der Waals surface area contributed by atoms with Crippen molar-refractivity contribution in [3.8, 4) is 16.6 Å². The molecule has 3 aromatic rings. The summed E-state index contributed by atoms with van der Waals surface area (Å²) in [6.07, 6.45) is 1.24. The number of carboxylic acids is 1. The molecule has 0 saturated carbocycles. The third kappa shape index (κ3) is 4.52. The number of amides is 1. The van der Waals surface area contributed by atoms with Crippen LogP contribution >= 0.6 is 11.3 Å². The van der Waals surface area contributed by atoms with Gasteiger partial charge in [-0.2, -0.15) is 5.26 Å². The van der Waals surface area contributed by atoms with Gasteiger partial charge in [0, 0.05) is 17.5 Å². The second-order valence-corrected chi connectivity index (χ2v) is 6.99. The largest absolute Gasteiger partial charge is 0.480 e. The lowest BCUT2D eigenvalue weighted by Crippen LogP contribution is -2.30. The summed E-state index contributed by atoms with van der Waals surface area (Å²) in [6, 6.07) is 15.3. The van der Waals surface area contributed by atoms with E-state index in [0.717, 1.165) is 20.8 Å². The third-order valence-electron chi connectivity index (χ3n) is 3.82. The summed E-state index contributed by atoms with van der Waals surface area (Å²) < 4.78 is 1.13. The van der Waals surface area contributed by atoms with Crippen molar-refractivity contribution in [2.75, 3.05) is 11.9 Å². The fourth-order valence-electron chi connectivity index (χ4n) is 2.42. The number of thiazole rings is 1. The number of nitrogens with one attached hydrogen (secondary N) is 2. The molecule has 0 spiro atoms. The number of nitrogens with zero attached hydrogens (tertiary/aromatic N) is 2. The molecule has 0 unspecified atom stereocenters. The van der Waals surface area contributed by atoms with Crippen molar-refractivity contribution in [1.29, 1.82) is 5.26 Å². The van der Waals surface area contributed by atoms with Crippen LogP contribution in [0.25, 0.3) is 20.8 Å². The van der Waals surface area contributed by atoms with E-state index in [1.165, 1.54) is 11.8 Å². The Balaban J connectivity index is 1.72. The summed E-state index contributed by atoms with van der Waals surface area (Å²) in [5.74, 6) is -1.93. The third-order valence-corrected chi connectivity index (χ3v) is 4.89. The summed E-state index contributed by atoms with van der Waals surface area (Å²) in [6.45, 7) is 1.50. The highest BCUT2D eigenvalue weighted by atomic mass is 32.1. The van der Waals surface area contributed by atoms with Crippen LogP contribution in [0.3, 0.4) is 0 Å². The summed E-state index contributed by atoms with van der Waals surface area (Å²) in [5.41, 5.74) is 3.58. The van der Waals surface area contributed by atoms with E-state index >= 15 is 0 Å². The van der Waals surface area contributed by atoms with E-state index < -0.39 is 18.4 Å². The Morgan fingerprint density at radius 1 is 1.25 bits per heavy atom.